The molecule has 1 rings (SSSR count). The van der Waals surface area contributed by atoms with E-state index in [9.17, 15) is 4.79 Å². The molecule has 1 aromatic carbocycles. The molecule has 0 unspecified atom stereocenters. The van der Waals surface area contributed by atoms with Gasteiger partial charge in [0.05, 0.1) is 0 Å². The number of hydrogen-bond donors (Lipinski definition) is 2. The zero-order chi connectivity index (χ0) is 9.84. The second-order valence-corrected chi connectivity index (χ2v) is 2.59. The maximum atomic E-state index is 10.4. The fourth-order valence-corrected chi connectivity index (χ4v) is 0.779. The molecule has 0 aliphatic heterocycles. The van der Waals surface area contributed by atoms with Crippen molar-refractivity contribution < 1.29 is 19.7 Å². The quantitative estimate of drug-likeness (QED) is 0.735. The molecule has 0 radical (unpaired) electrons. The molecule has 1 aromatic rings. The molecule has 5 heteroatoms. The van der Waals surface area contributed by atoms with Crippen molar-refractivity contribution in [1.29, 1.82) is 0 Å². The van der Waals surface area contributed by atoms with Crippen molar-refractivity contribution in [3.8, 4) is 11.5 Å². The summed E-state index contributed by atoms with van der Waals surface area (Å²) in [4.78, 5) is 10.4. The van der Waals surface area contributed by atoms with Gasteiger partial charge in [-0.05, 0) is 31.2 Å². The van der Waals surface area contributed by atoms with E-state index in [1.54, 1.807) is 0 Å². The predicted molar refractivity (Wildman–Crippen MR) is 53.0 cm³/mol. The number of phenolic OH excluding ortho intramolecular Hbond substituents is 1. The number of benzene rings is 1. The SMILES string of the molecule is C[C@@H](Oc1ccc(O)cc1)C(=O)O.[KH]. The second kappa shape index (κ2) is 6.42. The molecule has 4 nitrogen and oxygen atoms in total. The Hall–Kier alpha value is -0.0736. The Morgan fingerprint density at radius 2 is 1.86 bits per heavy atom. The van der Waals surface area contributed by atoms with Crippen molar-refractivity contribution in [3.63, 3.8) is 0 Å². The topological polar surface area (TPSA) is 66.8 Å². The third-order valence-corrected chi connectivity index (χ3v) is 1.50. The molecule has 0 amide bonds. The molecular weight excluding hydrogens is 211 g/mol. The number of carbonyl (C=O) groups is 1. The average molecular weight is 222 g/mol. The number of ether oxygens (including phenoxy) is 1. The van der Waals surface area contributed by atoms with Crippen molar-refractivity contribution in [2.75, 3.05) is 0 Å². The molecule has 0 aliphatic rings. The van der Waals surface area contributed by atoms with Gasteiger partial charge in [0.15, 0.2) is 6.10 Å². The van der Waals surface area contributed by atoms with Crippen LogP contribution in [0.1, 0.15) is 6.92 Å². The van der Waals surface area contributed by atoms with Gasteiger partial charge in [-0.1, -0.05) is 0 Å². The molecule has 0 aliphatic carbocycles. The van der Waals surface area contributed by atoms with Gasteiger partial charge in [-0.2, -0.15) is 0 Å². The number of aromatic hydroxyl groups is 1. The number of carboxylic acid groups (broad SMARTS) is 1. The van der Waals surface area contributed by atoms with E-state index in [0.29, 0.717) is 5.75 Å². The number of rotatable bonds is 3. The van der Waals surface area contributed by atoms with Crippen LogP contribution in [-0.2, 0) is 4.79 Å². The number of carboxylic acids is 1. The van der Waals surface area contributed by atoms with Gasteiger partial charge in [0.1, 0.15) is 11.5 Å². The Bertz CT molecular complexity index is 296. The third kappa shape index (κ3) is 4.43. The van der Waals surface area contributed by atoms with E-state index in [2.05, 4.69) is 0 Å². The summed E-state index contributed by atoms with van der Waals surface area (Å²) in [6.07, 6.45) is -0.885. The van der Waals surface area contributed by atoms with Gasteiger partial charge in [0.2, 0.25) is 0 Å². The van der Waals surface area contributed by atoms with Gasteiger partial charge >= 0.3 is 57.4 Å². The Balaban J connectivity index is 0.00000169. The predicted octanol–water partition coefficient (Wildman–Crippen LogP) is 0.596. The Morgan fingerprint density at radius 1 is 1.36 bits per heavy atom. The van der Waals surface area contributed by atoms with Crippen molar-refractivity contribution in [2.24, 2.45) is 0 Å². The van der Waals surface area contributed by atoms with Crippen LogP contribution in [0.3, 0.4) is 0 Å². The van der Waals surface area contributed by atoms with Gasteiger partial charge in [0, 0.05) is 0 Å². The van der Waals surface area contributed by atoms with E-state index >= 15 is 0 Å². The summed E-state index contributed by atoms with van der Waals surface area (Å²) in [5.74, 6) is -0.476. The van der Waals surface area contributed by atoms with Crippen LogP contribution in [0.5, 0.6) is 11.5 Å². The molecule has 1 atom stereocenters. The van der Waals surface area contributed by atoms with Crippen LogP contribution in [0.4, 0.5) is 0 Å². The van der Waals surface area contributed by atoms with E-state index in [4.69, 9.17) is 14.9 Å². The summed E-state index contributed by atoms with van der Waals surface area (Å²) in [5, 5.41) is 17.5. The van der Waals surface area contributed by atoms with E-state index in [0.717, 1.165) is 0 Å². The molecule has 14 heavy (non-hydrogen) atoms. The van der Waals surface area contributed by atoms with Crippen LogP contribution in [0.25, 0.3) is 0 Å². The van der Waals surface area contributed by atoms with Crippen LogP contribution < -0.4 is 4.74 Å². The summed E-state index contributed by atoms with van der Waals surface area (Å²) in [5.41, 5.74) is 0. The molecule has 72 valence electrons. The van der Waals surface area contributed by atoms with Crippen LogP contribution in [0, 0.1) is 0 Å². The molecule has 0 bridgehead atoms. The first-order valence-corrected chi connectivity index (χ1v) is 3.78. The number of hydrogen-bond acceptors (Lipinski definition) is 3. The monoisotopic (exact) mass is 222 g/mol. The summed E-state index contributed by atoms with van der Waals surface area (Å²) in [7, 11) is 0. The summed E-state index contributed by atoms with van der Waals surface area (Å²) in [6, 6.07) is 5.89. The molecule has 0 heterocycles. The Morgan fingerprint density at radius 3 is 2.29 bits per heavy atom. The number of phenols is 1. The van der Waals surface area contributed by atoms with Crippen LogP contribution in [0.15, 0.2) is 24.3 Å². The van der Waals surface area contributed by atoms with Crippen LogP contribution >= 0.6 is 0 Å². The molecule has 2 N–H and O–H groups in total. The maximum absolute atomic E-state index is 10.4. The summed E-state index contributed by atoms with van der Waals surface area (Å²) >= 11 is 0. The van der Waals surface area contributed by atoms with Gasteiger partial charge in [-0.25, -0.2) is 4.79 Å². The third-order valence-electron chi connectivity index (χ3n) is 1.50. The van der Waals surface area contributed by atoms with Gasteiger partial charge < -0.3 is 14.9 Å². The normalized spacial score (nSPS) is 11.2. The van der Waals surface area contributed by atoms with Crippen molar-refractivity contribution in [1.82, 2.24) is 0 Å². The summed E-state index contributed by atoms with van der Waals surface area (Å²) < 4.78 is 5.02. The average Bonchev–Trinajstić information content (AvgIpc) is 2.08. The van der Waals surface area contributed by atoms with Gasteiger partial charge in [-0.3, -0.25) is 0 Å². The first kappa shape index (κ1) is 13.9. The Kier molecular flexibility index (Phi) is 6.38. The molecule has 0 fully saturated rings. The van der Waals surface area contributed by atoms with E-state index in [1.807, 2.05) is 0 Å². The first-order valence-electron chi connectivity index (χ1n) is 3.78. The molecule has 0 saturated carbocycles. The number of aliphatic carboxylic acids is 1. The molecule has 0 spiro atoms. The van der Waals surface area contributed by atoms with Crippen molar-refractivity contribution in [2.45, 2.75) is 13.0 Å². The van der Waals surface area contributed by atoms with E-state index in [1.165, 1.54) is 31.2 Å². The molecular formula is C9H11KO4. The van der Waals surface area contributed by atoms with Gasteiger partial charge in [-0.15, -0.1) is 0 Å². The molecule has 0 aromatic heterocycles. The van der Waals surface area contributed by atoms with Crippen molar-refractivity contribution >= 4 is 57.4 Å². The first-order chi connectivity index (χ1) is 6.09. The minimum absolute atomic E-state index is 0. The van der Waals surface area contributed by atoms with E-state index < -0.39 is 12.1 Å². The Labute approximate surface area is 124 Å². The molecule has 0 saturated heterocycles. The minimum atomic E-state index is -1.02. The second-order valence-electron chi connectivity index (χ2n) is 2.59. The summed E-state index contributed by atoms with van der Waals surface area (Å²) in [6.45, 7) is 1.44. The van der Waals surface area contributed by atoms with Gasteiger partial charge in [0.25, 0.3) is 0 Å². The standard InChI is InChI=1S/C9H10O4.K.H/c1-6(9(11)12)13-8-4-2-7(10)3-5-8;;/h2-6,10H,1H3,(H,11,12);;/t6-;;/m1../s1. The van der Waals surface area contributed by atoms with Crippen molar-refractivity contribution in [3.05, 3.63) is 24.3 Å². The van der Waals surface area contributed by atoms with Crippen LogP contribution in [0.2, 0.25) is 0 Å². The van der Waals surface area contributed by atoms with E-state index in [-0.39, 0.29) is 57.1 Å². The van der Waals surface area contributed by atoms with Crippen LogP contribution in [-0.4, -0.2) is 73.7 Å². The zero-order valence-corrected chi connectivity index (χ0v) is 7.10. The fraction of sp³-hybridized carbons (Fsp3) is 0.222. The zero-order valence-electron chi connectivity index (χ0n) is 7.10. The fourth-order valence-electron chi connectivity index (χ4n) is 0.779.